The molecule has 40 valence electrons. The van der Waals surface area contributed by atoms with Crippen LogP contribution in [0.2, 0.25) is 0 Å². The topological polar surface area (TPSA) is 21.3 Å². The lowest BCUT2D eigenvalue weighted by atomic mass is 10.0. The third-order valence-corrected chi connectivity index (χ3v) is 1.65. The van der Waals surface area contributed by atoms with Gasteiger partial charge in [-0.05, 0) is 0 Å². The normalized spacial score (nSPS) is 48.0. The van der Waals surface area contributed by atoms with Gasteiger partial charge in [0, 0.05) is 19.5 Å². The summed E-state index contributed by atoms with van der Waals surface area (Å²) in [5.41, 5.74) is 0. The van der Waals surface area contributed by atoms with Gasteiger partial charge in [0.1, 0.15) is 0 Å². The van der Waals surface area contributed by atoms with E-state index in [0.29, 0.717) is 12.2 Å². The quantitative estimate of drug-likeness (QED) is 0.452. The fraction of sp³-hybridized carbons (Fsp3) is 1.00. The lowest BCUT2D eigenvalue weighted by Gasteiger charge is -2.41. The maximum absolute atomic E-state index is 5.31. The minimum Gasteiger partial charge on any atom is -0.372 e. The number of nitrogens with one attached hydrogen (secondary N) is 1. The summed E-state index contributed by atoms with van der Waals surface area (Å²) < 4.78 is 5.31. The van der Waals surface area contributed by atoms with E-state index >= 15 is 0 Å². The number of morpholine rings is 1. The van der Waals surface area contributed by atoms with Gasteiger partial charge in [-0.1, -0.05) is 0 Å². The van der Waals surface area contributed by atoms with Crippen molar-refractivity contribution in [2.75, 3.05) is 13.1 Å². The van der Waals surface area contributed by atoms with Crippen molar-refractivity contribution in [1.82, 2.24) is 5.32 Å². The van der Waals surface area contributed by atoms with Gasteiger partial charge in [0.25, 0.3) is 0 Å². The van der Waals surface area contributed by atoms with E-state index in [0.717, 1.165) is 13.1 Å². The molecule has 3 aliphatic rings. The molecule has 3 fully saturated rings. The van der Waals surface area contributed by atoms with Crippen LogP contribution in [0, 0.1) is 0 Å². The van der Waals surface area contributed by atoms with Crippen molar-refractivity contribution in [2.24, 2.45) is 0 Å². The Morgan fingerprint density at radius 2 is 1.86 bits per heavy atom. The molecule has 0 radical (unpaired) electrons. The molecule has 0 spiro atoms. The summed E-state index contributed by atoms with van der Waals surface area (Å²) in [6, 6.07) is 0. The van der Waals surface area contributed by atoms with Crippen LogP contribution >= 0.6 is 0 Å². The Labute approximate surface area is 42.9 Å². The summed E-state index contributed by atoms with van der Waals surface area (Å²) in [6.45, 7) is 2.16. The van der Waals surface area contributed by atoms with Gasteiger partial charge < -0.3 is 10.1 Å². The van der Waals surface area contributed by atoms with Crippen LogP contribution in [0.25, 0.3) is 0 Å². The summed E-state index contributed by atoms with van der Waals surface area (Å²) in [5, 5.41) is 3.26. The summed E-state index contributed by atoms with van der Waals surface area (Å²) >= 11 is 0. The number of fused-ring (bicyclic) bond motifs is 2. The summed E-state index contributed by atoms with van der Waals surface area (Å²) in [5.74, 6) is 0. The van der Waals surface area contributed by atoms with Crippen molar-refractivity contribution in [3.05, 3.63) is 0 Å². The van der Waals surface area contributed by atoms with E-state index in [4.69, 9.17) is 4.74 Å². The molecule has 7 heavy (non-hydrogen) atoms. The molecular formula is C5H9NO. The molecule has 2 atom stereocenters. The van der Waals surface area contributed by atoms with E-state index in [-0.39, 0.29) is 0 Å². The highest BCUT2D eigenvalue weighted by molar-refractivity contribution is 4.86. The molecule has 2 bridgehead atoms. The Morgan fingerprint density at radius 3 is 2.00 bits per heavy atom. The summed E-state index contributed by atoms with van der Waals surface area (Å²) in [6.07, 6.45) is 2.44. The Bertz CT molecular complexity index is 64.6. The number of hydrogen-bond acceptors (Lipinski definition) is 2. The first-order chi connectivity index (χ1) is 3.45. The smallest absolute Gasteiger partial charge is 0.0729 e. The second-order valence-corrected chi connectivity index (χ2v) is 2.27. The van der Waals surface area contributed by atoms with Crippen LogP contribution in [0.1, 0.15) is 6.42 Å². The first-order valence-electron chi connectivity index (χ1n) is 2.81. The van der Waals surface area contributed by atoms with Crippen molar-refractivity contribution in [1.29, 1.82) is 0 Å². The second kappa shape index (κ2) is 1.20. The summed E-state index contributed by atoms with van der Waals surface area (Å²) in [4.78, 5) is 0. The highest BCUT2D eigenvalue weighted by atomic mass is 16.5. The zero-order valence-corrected chi connectivity index (χ0v) is 4.18. The average molecular weight is 99.1 g/mol. The van der Waals surface area contributed by atoms with Gasteiger partial charge in [-0.25, -0.2) is 0 Å². The monoisotopic (exact) mass is 99.1 g/mol. The third kappa shape index (κ3) is 0.469. The number of rotatable bonds is 0. The lowest BCUT2D eigenvalue weighted by Crippen LogP contribution is -2.55. The van der Waals surface area contributed by atoms with Crippen LogP contribution < -0.4 is 5.32 Å². The predicted octanol–water partition coefficient (Wildman–Crippen LogP) is -0.253. The van der Waals surface area contributed by atoms with E-state index in [1.165, 1.54) is 6.42 Å². The van der Waals surface area contributed by atoms with Crippen LogP contribution in [0.5, 0.6) is 0 Å². The molecule has 3 heterocycles. The number of ether oxygens (including phenoxy) is 1. The number of hydrogen-bond donors (Lipinski definition) is 1. The minimum absolute atomic E-state index is 0.568. The Kier molecular flexibility index (Phi) is 0.664. The van der Waals surface area contributed by atoms with E-state index in [1.54, 1.807) is 0 Å². The van der Waals surface area contributed by atoms with Gasteiger partial charge in [-0.3, -0.25) is 0 Å². The maximum Gasteiger partial charge on any atom is 0.0729 e. The van der Waals surface area contributed by atoms with Crippen LogP contribution in [-0.4, -0.2) is 25.3 Å². The van der Waals surface area contributed by atoms with E-state index < -0.39 is 0 Å². The molecule has 3 rings (SSSR count). The predicted molar refractivity (Wildman–Crippen MR) is 26.1 cm³/mol. The zero-order valence-electron chi connectivity index (χ0n) is 4.18. The fourth-order valence-electron chi connectivity index (χ4n) is 1.22. The highest BCUT2D eigenvalue weighted by Crippen LogP contribution is 2.22. The van der Waals surface area contributed by atoms with Crippen molar-refractivity contribution in [3.63, 3.8) is 0 Å². The molecule has 2 nitrogen and oxygen atoms in total. The van der Waals surface area contributed by atoms with E-state index in [1.807, 2.05) is 0 Å². The van der Waals surface area contributed by atoms with E-state index in [9.17, 15) is 0 Å². The third-order valence-electron chi connectivity index (χ3n) is 1.65. The van der Waals surface area contributed by atoms with Gasteiger partial charge in [-0.15, -0.1) is 0 Å². The minimum atomic E-state index is 0.568. The van der Waals surface area contributed by atoms with Crippen LogP contribution in [0.15, 0.2) is 0 Å². The van der Waals surface area contributed by atoms with Gasteiger partial charge in [0.2, 0.25) is 0 Å². The first-order valence-corrected chi connectivity index (χ1v) is 2.81. The molecule has 0 saturated carbocycles. The Morgan fingerprint density at radius 1 is 1.29 bits per heavy atom. The molecule has 1 unspecified atom stereocenters. The number of piperidine rings is 1. The maximum atomic E-state index is 5.31. The van der Waals surface area contributed by atoms with Gasteiger partial charge in [0.15, 0.2) is 0 Å². The summed E-state index contributed by atoms with van der Waals surface area (Å²) in [7, 11) is 0. The highest BCUT2D eigenvalue weighted by Gasteiger charge is 2.33. The van der Waals surface area contributed by atoms with Crippen molar-refractivity contribution in [2.45, 2.75) is 18.6 Å². The van der Waals surface area contributed by atoms with Gasteiger partial charge >= 0.3 is 0 Å². The van der Waals surface area contributed by atoms with Crippen LogP contribution in [0.4, 0.5) is 0 Å². The molecule has 0 aromatic rings. The van der Waals surface area contributed by atoms with Crippen LogP contribution in [-0.2, 0) is 4.74 Å². The standard InChI is InChI=1S/C5H9NO/c1-4-2-6-3-5(1)7-4/h4-6H,1-3H2/t4-,5?/m0/s1. The molecule has 1 N–H and O–H groups in total. The molecule has 0 aromatic heterocycles. The molecule has 0 aliphatic carbocycles. The average Bonchev–Trinajstić information content (AvgIpc) is 1.67. The lowest BCUT2D eigenvalue weighted by molar-refractivity contribution is -0.143. The molecular weight excluding hydrogens is 90.1 g/mol. The zero-order chi connectivity index (χ0) is 4.69. The molecule has 3 saturated heterocycles. The van der Waals surface area contributed by atoms with Crippen molar-refractivity contribution >= 4 is 0 Å². The van der Waals surface area contributed by atoms with Crippen molar-refractivity contribution < 1.29 is 4.74 Å². The Hall–Kier alpha value is -0.0800. The molecule has 2 heteroatoms. The fourth-order valence-corrected chi connectivity index (χ4v) is 1.22. The molecule has 3 aliphatic heterocycles. The van der Waals surface area contributed by atoms with Gasteiger partial charge in [0.05, 0.1) is 12.2 Å². The van der Waals surface area contributed by atoms with E-state index in [2.05, 4.69) is 5.32 Å². The van der Waals surface area contributed by atoms with Gasteiger partial charge in [-0.2, -0.15) is 0 Å². The Balaban J connectivity index is 1.99. The molecule has 0 amide bonds. The SMILES string of the molecule is C1NC[C@@H]2CC1O2. The first kappa shape index (κ1) is 3.87. The second-order valence-electron chi connectivity index (χ2n) is 2.27. The van der Waals surface area contributed by atoms with Crippen molar-refractivity contribution in [3.8, 4) is 0 Å². The van der Waals surface area contributed by atoms with Crippen LogP contribution in [0.3, 0.4) is 0 Å². The largest absolute Gasteiger partial charge is 0.372 e. The molecule has 0 aromatic carbocycles.